The molecule has 1 saturated carbocycles. The number of hydrogen-bond acceptors (Lipinski definition) is 3. The minimum atomic E-state index is -0.469. The van der Waals surface area contributed by atoms with Gasteiger partial charge in [0.15, 0.2) is 0 Å². The van der Waals surface area contributed by atoms with E-state index in [-0.39, 0.29) is 17.9 Å². The Labute approximate surface area is 104 Å². The minimum absolute atomic E-state index is 0.0177. The van der Waals surface area contributed by atoms with Gasteiger partial charge in [-0.2, -0.15) is 0 Å². The molecule has 0 saturated heterocycles. The Morgan fingerprint density at radius 3 is 2.41 bits per heavy atom. The van der Waals surface area contributed by atoms with Crippen molar-refractivity contribution in [2.24, 2.45) is 11.1 Å². The predicted octanol–water partition coefficient (Wildman–Crippen LogP) is 1.17. The van der Waals surface area contributed by atoms with Crippen LogP contribution in [0.15, 0.2) is 0 Å². The Morgan fingerprint density at radius 1 is 1.35 bits per heavy atom. The van der Waals surface area contributed by atoms with Gasteiger partial charge in [0.1, 0.15) is 0 Å². The molecule has 0 spiro atoms. The Hall–Kier alpha value is -0.610. The lowest BCUT2D eigenvalue weighted by atomic mass is 9.74. The standard InChI is InChI=1S/C13H26N2O2/c1-12(2,14)8-11(17)15-9-13(10-16)6-4-3-5-7-13/h16H,3-10,14H2,1-2H3,(H,15,17). The first-order valence-electron chi connectivity index (χ1n) is 6.53. The van der Waals surface area contributed by atoms with Gasteiger partial charge in [0, 0.05) is 23.9 Å². The second-order valence-corrected chi connectivity index (χ2v) is 6.16. The van der Waals surface area contributed by atoms with Gasteiger partial charge in [0.25, 0.3) is 0 Å². The molecule has 4 nitrogen and oxygen atoms in total. The van der Waals surface area contributed by atoms with Crippen LogP contribution in [0.2, 0.25) is 0 Å². The van der Waals surface area contributed by atoms with Crippen molar-refractivity contribution in [3.05, 3.63) is 0 Å². The molecule has 1 rings (SSSR count). The number of amides is 1. The summed E-state index contributed by atoms with van der Waals surface area (Å²) in [6.07, 6.45) is 5.89. The monoisotopic (exact) mass is 242 g/mol. The highest BCUT2D eigenvalue weighted by atomic mass is 16.3. The van der Waals surface area contributed by atoms with Crippen LogP contribution in [0.5, 0.6) is 0 Å². The second-order valence-electron chi connectivity index (χ2n) is 6.16. The Morgan fingerprint density at radius 2 is 1.94 bits per heavy atom. The van der Waals surface area contributed by atoms with Crippen LogP contribution in [0.25, 0.3) is 0 Å². The zero-order valence-corrected chi connectivity index (χ0v) is 11.1. The van der Waals surface area contributed by atoms with Crippen molar-refractivity contribution >= 4 is 5.91 Å². The van der Waals surface area contributed by atoms with E-state index in [1.807, 2.05) is 13.8 Å². The summed E-state index contributed by atoms with van der Waals surface area (Å²) < 4.78 is 0. The fraction of sp³-hybridized carbons (Fsp3) is 0.923. The van der Waals surface area contributed by atoms with Crippen molar-refractivity contribution < 1.29 is 9.90 Å². The highest BCUT2D eigenvalue weighted by Gasteiger charge is 2.32. The van der Waals surface area contributed by atoms with Crippen LogP contribution in [-0.2, 0) is 4.79 Å². The largest absolute Gasteiger partial charge is 0.396 e. The van der Waals surface area contributed by atoms with Crippen LogP contribution >= 0.6 is 0 Å². The molecule has 1 aliphatic rings. The summed E-state index contributed by atoms with van der Waals surface area (Å²) in [7, 11) is 0. The molecule has 17 heavy (non-hydrogen) atoms. The van der Waals surface area contributed by atoms with Gasteiger partial charge in [0.05, 0.1) is 6.61 Å². The van der Waals surface area contributed by atoms with E-state index in [1.165, 1.54) is 6.42 Å². The summed E-state index contributed by atoms with van der Waals surface area (Å²) in [4.78, 5) is 11.7. The number of carbonyl (C=O) groups is 1. The van der Waals surface area contributed by atoms with Crippen molar-refractivity contribution in [3.63, 3.8) is 0 Å². The summed E-state index contributed by atoms with van der Waals surface area (Å²) in [5.41, 5.74) is 5.24. The van der Waals surface area contributed by atoms with Crippen LogP contribution in [-0.4, -0.2) is 29.7 Å². The third kappa shape index (κ3) is 5.04. The minimum Gasteiger partial charge on any atom is -0.396 e. The molecule has 1 aliphatic carbocycles. The third-order valence-electron chi connectivity index (χ3n) is 3.53. The zero-order valence-electron chi connectivity index (χ0n) is 11.1. The quantitative estimate of drug-likeness (QED) is 0.677. The maximum Gasteiger partial charge on any atom is 0.221 e. The van der Waals surface area contributed by atoms with Gasteiger partial charge < -0.3 is 16.2 Å². The normalized spacial score (nSPS) is 20.0. The molecule has 1 amide bonds. The number of aliphatic hydroxyl groups excluding tert-OH is 1. The molecular formula is C13H26N2O2. The molecular weight excluding hydrogens is 216 g/mol. The summed E-state index contributed by atoms with van der Waals surface area (Å²) in [5, 5.41) is 12.4. The van der Waals surface area contributed by atoms with Crippen LogP contribution in [0.4, 0.5) is 0 Å². The molecule has 100 valence electrons. The summed E-state index contributed by atoms with van der Waals surface area (Å²) >= 11 is 0. The molecule has 0 aliphatic heterocycles. The number of aliphatic hydroxyl groups is 1. The molecule has 0 radical (unpaired) electrons. The Balaban J connectivity index is 2.39. The van der Waals surface area contributed by atoms with Crippen LogP contribution < -0.4 is 11.1 Å². The van der Waals surface area contributed by atoms with Gasteiger partial charge in [-0.15, -0.1) is 0 Å². The zero-order chi connectivity index (χ0) is 12.9. The lowest BCUT2D eigenvalue weighted by Crippen LogP contribution is -2.44. The molecule has 0 bridgehead atoms. The van der Waals surface area contributed by atoms with Gasteiger partial charge in [-0.1, -0.05) is 19.3 Å². The number of nitrogens with one attached hydrogen (secondary N) is 1. The van der Waals surface area contributed by atoms with E-state index in [1.54, 1.807) is 0 Å². The summed E-state index contributed by atoms with van der Waals surface area (Å²) in [6.45, 7) is 4.43. The second kappa shape index (κ2) is 5.83. The topological polar surface area (TPSA) is 75.4 Å². The van der Waals surface area contributed by atoms with E-state index < -0.39 is 5.54 Å². The van der Waals surface area contributed by atoms with Gasteiger partial charge >= 0.3 is 0 Å². The van der Waals surface area contributed by atoms with Crippen molar-refractivity contribution in [3.8, 4) is 0 Å². The highest BCUT2D eigenvalue weighted by Crippen LogP contribution is 2.35. The van der Waals surface area contributed by atoms with Crippen LogP contribution in [0, 0.1) is 5.41 Å². The smallest absolute Gasteiger partial charge is 0.221 e. The van der Waals surface area contributed by atoms with Crippen molar-refractivity contribution in [2.75, 3.05) is 13.2 Å². The first-order chi connectivity index (χ1) is 7.87. The Kier molecular flexibility index (Phi) is 4.95. The van der Waals surface area contributed by atoms with E-state index >= 15 is 0 Å². The number of hydrogen-bond donors (Lipinski definition) is 3. The SMILES string of the molecule is CC(C)(N)CC(=O)NCC1(CO)CCCCC1. The third-order valence-corrected chi connectivity index (χ3v) is 3.53. The average molecular weight is 242 g/mol. The van der Waals surface area contributed by atoms with E-state index in [0.717, 1.165) is 25.7 Å². The number of rotatable bonds is 5. The van der Waals surface area contributed by atoms with Gasteiger partial charge in [-0.25, -0.2) is 0 Å². The lowest BCUT2D eigenvalue weighted by molar-refractivity contribution is -0.122. The molecule has 4 N–H and O–H groups in total. The fourth-order valence-electron chi connectivity index (χ4n) is 2.45. The first-order valence-corrected chi connectivity index (χ1v) is 6.53. The molecule has 0 heterocycles. The molecule has 0 aromatic rings. The summed E-state index contributed by atoms with van der Waals surface area (Å²) in [5.74, 6) is -0.0177. The number of nitrogens with two attached hydrogens (primary N) is 1. The van der Waals surface area contributed by atoms with E-state index in [0.29, 0.717) is 13.0 Å². The molecule has 4 heteroatoms. The van der Waals surface area contributed by atoms with E-state index in [2.05, 4.69) is 5.32 Å². The maximum absolute atomic E-state index is 11.7. The average Bonchev–Trinajstić information content (AvgIpc) is 2.25. The molecule has 0 aromatic heterocycles. The van der Waals surface area contributed by atoms with Gasteiger partial charge in [-0.3, -0.25) is 4.79 Å². The van der Waals surface area contributed by atoms with Gasteiger partial charge in [0.2, 0.25) is 5.91 Å². The highest BCUT2D eigenvalue weighted by molar-refractivity contribution is 5.77. The van der Waals surface area contributed by atoms with Crippen molar-refractivity contribution in [2.45, 2.75) is 57.9 Å². The lowest BCUT2D eigenvalue weighted by Gasteiger charge is -2.35. The molecule has 0 atom stereocenters. The van der Waals surface area contributed by atoms with Crippen LogP contribution in [0.1, 0.15) is 52.4 Å². The van der Waals surface area contributed by atoms with Crippen LogP contribution in [0.3, 0.4) is 0 Å². The van der Waals surface area contributed by atoms with Gasteiger partial charge in [-0.05, 0) is 26.7 Å². The maximum atomic E-state index is 11.7. The first kappa shape index (κ1) is 14.5. The summed E-state index contributed by atoms with van der Waals surface area (Å²) in [6, 6.07) is 0. The van der Waals surface area contributed by atoms with E-state index in [9.17, 15) is 9.90 Å². The fourth-order valence-corrected chi connectivity index (χ4v) is 2.45. The predicted molar refractivity (Wildman–Crippen MR) is 68.5 cm³/mol. The van der Waals surface area contributed by atoms with E-state index in [4.69, 9.17) is 5.73 Å². The molecule has 1 fully saturated rings. The van der Waals surface area contributed by atoms with Crippen molar-refractivity contribution in [1.29, 1.82) is 0 Å². The Bertz CT molecular complexity index is 253. The molecule has 0 unspecified atom stereocenters. The molecule has 0 aromatic carbocycles. The van der Waals surface area contributed by atoms with Crippen molar-refractivity contribution in [1.82, 2.24) is 5.32 Å². The number of carbonyl (C=O) groups excluding carboxylic acids is 1.